The van der Waals surface area contributed by atoms with Crippen molar-refractivity contribution in [1.82, 2.24) is 14.9 Å². The van der Waals surface area contributed by atoms with Gasteiger partial charge in [0, 0.05) is 42.3 Å². The predicted octanol–water partition coefficient (Wildman–Crippen LogP) is 3.60. The number of benzene rings is 1. The van der Waals surface area contributed by atoms with Crippen LogP contribution in [-0.2, 0) is 4.74 Å². The molecule has 3 aromatic rings. The Hall–Kier alpha value is -2.15. The third kappa shape index (κ3) is 3.53. The van der Waals surface area contributed by atoms with Gasteiger partial charge in [-0.1, -0.05) is 11.6 Å². The predicted molar refractivity (Wildman–Crippen MR) is 103 cm³/mol. The van der Waals surface area contributed by atoms with Gasteiger partial charge >= 0.3 is 0 Å². The van der Waals surface area contributed by atoms with E-state index in [0.29, 0.717) is 10.7 Å². The third-order valence-corrected chi connectivity index (χ3v) is 4.91. The maximum absolute atomic E-state index is 6.00. The van der Waals surface area contributed by atoms with E-state index in [2.05, 4.69) is 20.2 Å². The molecule has 0 radical (unpaired) electrons. The maximum atomic E-state index is 6.00. The summed E-state index contributed by atoms with van der Waals surface area (Å²) < 4.78 is 11.4. The third-order valence-electron chi connectivity index (χ3n) is 4.66. The number of ether oxygens (including phenoxy) is 1. The molecule has 0 unspecified atom stereocenters. The number of furan rings is 1. The minimum absolute atomic E-state index is 0.594. The first-order chi connectivity index (χ1) is 12.7. The Labute approximate surface area is 157 Å². The highest BCUT2D eigenvalue weighted by atomic mass is 35.5. The normalized spacial score (nSPS) is 15.5. The van der Waals surface area contributed by atoms with E-state index in [1.54, 1.807) is 0 Å². The average molecular weight is 373 g/mol. The van der Waals surface area contributed by atoms with E-state index in [4.69, 9.17) is 20.8 Å². The van der Waals surface area contributed by atoms with Gasteiger partial charge in [0.2, 0.25) is 5.71 Å². The van der Waals surface area contributed by atoms with Gasteiger partial charge in [-0.2, -0.15) is 0 Å². The number of hydrogen-bond acceptors (Lipinski definition) is 6. The van der Waals surface area contributed by atoms with Crippen LogP contribution in [-0.4, -0.2) is 54.3 Å². The lowest BCUT2D eigenvalue weighted by Gasteiger charge is -2.26. The van der Waals surface area contributed by atoms with E-state index in [9.17, 15) is 0 Å². The molecule has 1 saturated heterocycles. The average Bonchev–Trinajstić information content (AvgIpc) is 3.01. The number of morpholine rings is 1. The van der Waals surface area contributed by atoms with Crippen LogP contribution in [0.25, 0.3) is 22.4 Å². The van der Waals surface area contributed by atoms with Crippen molar-refractivity contribution in [3.05, 3.63) is 41.2 Å². The molecule has 2 aromatic heterocycles. The Morgan fingerprint density at radius 3 is 2.69 bits per heavy atom. The van der Waals surface area contributed by atoms with Crippen molar-refractivity contribution < 1.29 is 9.15 Å². The Kier molecular flexibility index (Phi) is 5.06. The molecular formula is C19H21ClN4O2. The first-order valence-electron chi connectivity index (χ1n) is 8.76. The summed E-state index contributed by atoms with van der Waals surface area (Å²) in [6, 6.07) is 7.62. The number of nitrogens with zero attached hydrogens (tertiary/aromatic N) is 3. The minimum Gasteiger partial charge on any atom is -0.437 e. The number of rotatable bonds is 5. The van der Waals surface area contributed by atoms with Crippen molar-refractivity contribution in [3.63, 3.8) is 0 Å². The van der Waals surface area contributed by atoms with Crippen LogP contribution in [0.15, 0.2) is 35.0 Å². The Morgan fingerprint density at radius 2 is 1.92 bits per heavy atom. The summed E-state index contributed by atoms with van der Waals surface area (Å²) in [6.07, 6.45) is 1.54. The number of anilines is 1. The lowest BCUT2D eigenvalue weighted by molar-refractivity contribution is 0.0398. The second kappa shape index (κ2) is 7.61. The molecule has 1 N–H and O–H groups in total. The van der Waals surface area contributed by atoms with Crippen LogP contribution in [0.1, 0.15) is 5.56 Å². The standard InChI is InChI=1S/C19H21ClN4O2/c1-13-16-18(21-6-7-24-8-10-25-11-9-24)22-12-23-19(16)26-17(13)14-2-4-15(20)5-3-14/h2-5,12H,6-11H2,1H3,(H,21,22,23). The number of hydrogen-bond donors (Lipinski definition) is 1. The molecule has 0 aliphatic carbocycles. The molecular weight excluding hydrogens is 352 g/mol. The molecule has 3 heterocycles. The van der Waals surface area contributed by atoms with E-state index in [-0.39, 0.29) is 0 Å². The molecule has 0 amide bonds. The molecule has 1 aliphatic heterocycles. The molecule has 1 aromatic carbocycles. The molecule has 0 bridgehead atoms. The fourth-order valence-electron chi connectivity index (χ4n) is 3.24. The zero-order valence-electron chi connectivity index (χ0n) is 14.7. The first-order valence-corrected chi connectivity index (χ1v) is 9.14. The minimum atomic E-state index is 0.594. The SMILES string of the molecule is Cc1c(-c2ccc(Cl)cc2)oc2ncnc(NCCN3CCOCC3)c12. The van der Waals surface area contributed by atoms with Gasteiger partial charge in [0.15, 0.2) is 0 Å². The van der Waals surface area contributed by atoms with Gasteiger partial charge in [-0.3, -0.25) is 4.90 Å². The summed E-state index contributed by atoms with van der Waals surface area (Å²) in [4.78, 5) is 11.1. The quantitative estimate of drug-likeness (QED) is 0.738. The van der Waals surface area contributed by atoms with Crippen LogP contribution in [0, 0.1) is 6.92 Å². The fourth-order valence-corrected chi connectivity index (χ4v) is 3.37. The number of nitrogens with one attached hydrogen (secondary N) is 1. The topological polar surface area (TPSA) is 63.4 Å². The second-order valence-electron chi connectivity index (χ2n) is 6.35. The molecule has 26 heavy (non-hydrogen) atoms. The number of halogens is 1. The van der Waals surface area contributed by atoms with E-state index in [1.165, 1.54) is 6.33 Å². The molecule has 4 rings (SSSR count). The Morgan fingerprint density at radius 1 is 1.15 bits per heavy atom. The van der Waals surface area contributed by atoms with E-state index >= 15 is 0 Å². The van der Waals surface area contributed by atoms with Gasteiger partial charge in [-0.15, -0.1) is 0 Å². The number of fused-ring (bicyclic) bond motifs is 1. The van der Waals surface area contributed by atoms with E-state index < -0.39 is 0 Å². The zero-order valence-corrected chi connectivity index (χ0v) is 15.4. The smallest absolute Gasteiger partial charge is 0.232 e. The van der Waals surface area contributed by atoms with Crippen molar-refractivity contribution in [3.8, 4) is 11.3 Å². The molecule has 0 atom stereocenters. The van der Waals surface area contributed by atoms with Gasteiger partial charge in [0.05, 0.1) is 18.6 Å². The summed E-state index contributed by atoms with van der Waals surface area (Å²) in [5.41, 5.74) is 2.59. The molecule has 136 valence electrons. The fraction of sp³-hybridized carbons (Fsp3) is 0.368. The maximum Gasteiger partial charge on any atom is 0.232 e. The largest absolute Gasteiger partial charge is 0.437 e. The highest BCUT2D eigenvalue weighted by Crippen LogP contribution is 2.35. The first kappa shape index (κ1) is 17.3. The van der Waals surface area contributed by atoms with Crippen LogP contribution in [0.3, 0.4) is 0 Å². The summed E-state index contributed by atoms with van der Waals surface area (Å²) in [5.74, 6) is 1.61. The molecule has 0 saturated carbocycles. The van der Waals surface area contributed by atoms with Crippen molar-refractivity contribution in [2.75, 3.05) is 44.7 Å². The van der Waals surface area contributed by atoms with Crippen molar-refractivity contribution in [2.45, 2.75) is 6.92 Å². The van der Waals surface area contributed by atoms with Crippen LogP contribution >= 0.6 is 11.6 Å². The van der Waals surface area contributed by atoms with Gasteiger partial charge in [-0.05, 0) is 31.2 Å². The van der Waals surface area contributed by atoms with Gasteiger partial charge in [-0.25, -0.2) is 9.97 Å². The van der Waals surface area contributed by atoms with Crippen molar-refractivity contribution >= 4 is 28.5 Å². The Bertz CT molecular complexity index is 888. The van der Waals surface area contributed by atoms with Crippen molar-refractivity contribution in [1.29, 1.82) is 0 Å². The molecule has 1 fully saturated rings. The lowest BCUT2D eigenvalue weighted by Crippen LogP contribution is -2.39. The summed E-state index contributed by atoms with van der Waals surface area (Å²) in [7, 11) is 0. The van der Waals surface area contributed by atoms with Crippen LogP contribution < -0.4 is 5.32 Å². The molecule has 0 spiro atoms. The number of aromatic nitrogens is 2. The zero-order chi connectivity index (χ0) is 17.9. The highest BCUT2D eigenvalue weighted by Gasteiger charge is 2.17. The molecule has 1 aliphatic rings. The monoisotopic (exact) mass is 372 g/mol. The Balaban J connectivity index is 1.56. The number of aryl methyl sites for hydroxylation is 1. The van der Waals surface area contributed by atoms with Gasteiger partial charge < -0.3 is 14.5 Å². The summed E-state index contributed by atoms with van der Waals surface area (Å²) in [5, 5.41) is 5.07. The second-order valence-corrected chi connectivity index (χ2v) is 6.78. The van der Waals surface area contributed by atoms with E-state index in [1.807, 2.05) is 31.2 Å². The summed E-state index contributed by atoms with van der Waals surface area (Å²) >= 11 is 5.99. The van der Waals surface area contributed by atoms with Gasteiger partial charge in [0.1, 0.15) is 17.9 Å². The van der Waals surface area contributed by atoms with Crippen LogP contribution in [0.5, 0.6) is 0 Å². The highest BCUT2D eigenvalue weighted by molar-refractivity contribution is 6.30. The van der Waals surface area contributed by atoms with Gasteiger partial charge in [0.25, 0.3) is 0 Å². The van der Waals surface area contributed by atoms with Crippen LogP contribution in [0.2, 0.25) is 5.02 Å². The lowest BCUT2D eigenvalue weighted by atomic mass is 10.1. The van der Waals surface area contributed by atoms with E-state index in [0.717, 1.165) is 67.5 Å². The molecule has 6 nitrogen and oxygen atoms in total. The summed E-state index contributed by atoms with van der Waals surface area (Å²) in [6.45, 7) is 7.37. The van der Waals surface area contributed by atoms with Crippen molar-refractivity contribution in [2.24, 2.45) is 0 Å². The molecule has 7 heteroatoms. The van der Waals surface area contributed by atoms with Crippen LogP contribution in [0.4, 0.5) is 5.82 Å².